The molecule has 1 amide bonds. The molecule has 0 aliphatic heterocycles. The van der Waals surface area contributed by atoms with Crippen molar-refractivity contribution in [2.45, 2.75) is 0 Å². The van der Waals surface area contributed by atoms with Crippen LogP contribution in [0.1, 0.15) is 10.5 Å². The molecule has 0 bridgehead atoms. The second-order valence-corrected chi connectivity index (χ2v) is 1.91. The lowest BCUT2D eigenvalue weighted by Crippen LogP contribution is -2.15. The summed E-state index contributed by atoms with van der Waals surface area (Å²) in [6.07, 6.45) is 1.48. The topological polar surface area (TPSA) is 80.9 Å². The predicted molar refractivity (Wildman–Crippen MR) is 40.1 cm³/mol. The van der Waals surface area contributed by atoms with Crippen LogP contribution in [0.2, 0.25) is 0 Å². The average Bonchev–Trinajstić information content (AvgIpc) is 2.04. The zero-order valence-corrected chi connectivity index (χ0v) is 6.03. The first-order valence-corrected chi connectivity index (χ1v) is 3.05. The molecule has 1 aromatic heterocycles. The fraction of sp³-hybridized carbons (Fsp3) is 0.167. The first-order chi connectivity index (χ1) is 5.25. The van der Waals surface area contributed by atoms with E-state index in [0.717, 1.165) is 0 Å². The van der Waals surface area contributed by atoms with Gasteiger partial charge in [0.05, 0.1) is 11.9 Å². The molecule has 0 fully saturated rings. The lowest BCUT2D eigenvalue weighted by molar-refractivity contribution is 0.0995. The van der Waals surface area contributed by atoms with Gasteiger partial charge in [-0.1, -0.05) is 0 Å². The van der Waals surface area contributed by atoms with Crippen LogP contribution in [0, 0.1) is 0 Å². The number of hydrogen-bond donors (Lipinski definition) is 2. The number of anilines is 1. The van der Waals surface area contributed by atoms with Crippen LogP contribution in [0.4, 0.5) is 5.69 Å². The van der Waals surface area contributed by atoms with Crippen molar-refractivity contribution < 1.29 is 4.79 Å². The maximum atomic E-state index is 10.7. The van der Waals surface area contributed by atoms with Gasteiger partial charge in [0.15, 0.2) is 5.69 Å². The van der Waals surface area contributed by atoms with E-state index in [9.17, 15) is 4.79 Å². The number of rotatable bonds is 2. The minimum atomic E-state index is -0.581. The number of nitrogens with one attached hydrogen (secondary N) is 1. The average molecular weight is 152 g/mol. The van der Waals surface area contributed by atoms with Gasteiger partial charge in [0.2, 0.25) is 0 Å². The number of nitrogens with zero attached hydrogens (tertiary/aromatic N) is 2. The van der Waals surface area contributed by atoms with Crippen molar-refractivity contribution >= 4 is 11.6 Å². The third kappa shape index (κ3) is 1.43. The summed E-state index contributed by atoms with van der Waals surface area (Å²) in [5.74, 6) is -0.581. The molecule has 1 heterocycles. The van der Waals surface area contributed by atoms with Gasteiger partial charge in [0, 0.05) is 7.05 Å². The van der Waals surface area contributed by atoms with E-state index in [1.807, 2.05) is 0 Å². The van der Waals surface area contributed by atoms with Crippen molar-refractivity contribution in [2.24, 2.45) is 5.73 Å². The van der Waals surface area contributed by atoms with E-state index in [1.54, 1.807) is 13.1 Å². The molecule has 58 valence electrons. The number of amides is 1. The Kier molecular flexibility index (Phi) is 2.00. The van der Waals surface area contributed by atoms with Gasteiger partial charge >= 0.3 is 0 Å². The van der Waals surface area contributed by atoms with E-state index in [1.165, 1.54) is 6.20 Å². The molecule has 0 radical (unpaired) electrons. The highest BCUT2D eigenvalue weighted by atomic mass is 16.1. The molecule has 0 aromatic carbocycles. The number of nitrogens with two attached hydrogens (primary N) is 1. The van der Waals surface area contributed by atoms with E-state index in [4.69, 9.17) is 5.73 Å². The van der Waals surface area contributed by atoms with Crippen LogP contribution >= 0.6 is 0 Å². The number of primary amides is 1. The molecular formula is C6H8N4O. The summed E-state index contributed by atoms with van der Waals surface area (Å²) in [6.45, 7) is 0. The molecule has 0 spiro atoms. The number of carbonyl (C=O) groups is 1. The van der Waals surface area contributed by atoms with Crippen LogP contribution in [0.3, 0.4) is 0 Å². The molecule has 5 nitrogen and oxygen atoms in total. The van der Waals surface area contributed by atoms with Crippen molar-refractivity contribution in [1.29, 1.82) is 0 Å². The lowest BCUT2D eigenvalue weighted by atomic mass is 10.3. The van der Waals surface area contributed by atoms with Crippen LogP contribution in [0.5, 0.6) is 0 Å². The van der Waals surface area contributed by atoms with Crippen LogP contribution in [-0.2, 0) is 0 Å². The molecule has 0 unspecified atom stereocenters. The molecular weight excluding hydrogens is 144 g/mol. The van der Waals surface area contributed by atoms with E-state index >= 15 is 0 Å². The molecule has 0 aliphatic carbocycles. The third-order valence-corrected chi connectivity index (χ3v) is 1.22. The van der Waals surface area contributed by atoms with Gasteiger partial charge in [0.1, 0.15) is 0 Å². The Morgan fingerprint density at radius 3 is 2.91 bits per heavy atom. The van der Waals surface area contributed by atoms with Gasteiger partial charge in [-0.25, -0.2) is 0 Å². The number of carbonyl (C=O) groups excluding carboxylic acids is 1. The highest BCUT2D eigenvalue weighted by Crippen LogP contribution is 2.07. The lowest BCUT2D eigenvalue weighted by Gasteiger charge is -2.01. The first-order valence-electron chi connectivity index (χ1n) is 3.05. The van der Waals surface area contributed by atoms with Crippen LogP contribution in [0.15, 0.2) is 12.3 Å². The van der Waals surface area contributed by atoms with Crippen LogP contribution < -0.4 is 11.1 Å². The summed E-state index contributed by atoms with van der Waals surface area (Å²) in [5.41, 5.74) is 5.76. The molecule has 0 saturated carbocycles. The minimum Gasteiger partial charge on any atom is -0.386 e. The first kappa shape index (κ1) is 7.46. The summed E-state index contributed by atoms with van der Waals surface area (Å²) < 4.78 is 0. The molecule has 3 N–H and O–H groups in total. The SMILES string of the molecule is CNc1ccnnc1C(N)=O. The van der Waals surface area contributed by atoms with Gasteiger partial charge in [-0.15, -0.1) is 5.10 Å². The fourth-order valence-electron chi connectivity index (χ4n) is 0.715. The van der Waals surface area contributed by atoms with Gasteiger partial charge in [0.25, 0.3) is 5.91 Å². The van der Waals surface area contributed by atoms with Crippen molar-refractivity contribution in [3.05, 3.63) is 18.0 Å². The molecule has 1 rings (SSSR count). The van der Waals surface area contributed by atoms with Crippen LogP contribution in [0.25, 0.3) is 0 Å². The Balaban J connectivity index is 3.12. The Labute approximate surface area is 63.6 Å². The zero-order chi connectivity index (χ0) is 8.27. The highest BCUT2D eigenvalue weighted by molar-refractivity contribution is 5.95. The van der Waals surface area contributed by atoms with Crippen molar-refractivity contribution in [3.8, 4) is 0 Å². The van der Waals surface area contributed by atoms with Crippen LogP contribution in [-0.4, -0.2) is 23.2 Å². The van der Waals surface area contributed by atoms with Crippen molar-refractivity contribution in [1.82, 2.24) is 10.2 Å². The number of hydrogen-bond acceptors (Lipinski definition) is 4. The summed E-state index contributed by atoms with van der Waals surface area (Å²) in [6, 6.07) is 1.63. The Morgan fingerprint density at radius 2 is 2.45 bits per heavy atom. The maximum Gasteiger partial charge on any atom is 0.271 e. The normalized spacial score (nSPS) is 9.18. The quantitative estimate of drug-likeness (QED) is 0.605. The maximum absolute atomic E-state index is 10.7. The predicted octanol–water partition coefficient (Wildman–Crippen LogP) is -0.383. The molecule has 5 heteroatoms. The van der Waals surface area contributed by atoms with Gasteiger partial charge < -0.3 is 11.1 Å². The number of aromatic nitrogens is 2. The smallest absolute Gasteiger partial charge is 0.271 e. The van der Waals surface area contributed by atoms with Crippen molar-refractivity contribution in [3.63, 3.8) is 0 Å². The third-order valence-electron chi connectivity index (χ3n) is 1.22. The van der Waals surface area contributed by atoms with E-state index in [2.05, 4.69) is 15.5 Å². The summed E-state index contributed by atoms with van der Waals surface area (Å²) in [4.78, 5) is 10.7. The molecule has 0 saturated heterocycles. The standard InChI is InChI=1S/C6H8N4O/c1-8-4-2-3-9-10-5(4)6(7)11/h2-3H,1H3,(H2,7,11)(H,8,9). The van der Waals surface area contributed by atoms with E-state index in [0.29, 0.717) is 5.69 Å². The van der Waals surface area contributed by atoms with Gasteiger partial charge in [-0.3, -0.25) is 4.79 Å². The fourth-order valence-corrected chi connectivity index (χ4v) is 0.715. The van der Waals surface area contributed by atoms with E-state index < -0.39 is 5.91 Å². The minimum absolute atomic E-state index is 0.162. The molecule has 1 aromatic rings. The Morgan fingerprint density at radius 1 is 1.73 bits per heavy atom. The Hall–Kier alpha value is -1.65. The van der Waals surface area contributed by atoms with Gasteiger partial charge in [-0.05, 0) is 6.07 Å². The molecule has 0 aliphatic rings. The Bertz CT molecular complexity index is 273. The van der Waals surface area contributed by atoms with Crippen molar-refractivity contribution in [2.75, 3.05) is 12.4 Å². The largest absolute Gasteiger partial charge is 0.386 e. The summed E-state index contributed by atoms with van der Waals surface area (Å²) in [7, 11) is 1.68. The van der Waals surface area contributed by atoms with E-state index in [-0.39, 0.29) is 5.69 Å². The molecule has 0 atom stereocenters. The summed E-state index contributed by atoms with van der Waals surface area (Å²) in [5, 5.41) is 9.86. The monoisotopic (exact) mass is 152 g/mol. The second kappa shape index (κ2) is 2.96. The zero-order valence-electron chi connectivity index (χ0n) is 6.03. The summed E-state index contributed by atoms with van der Waals surface area (Å²) >= 11 is 0. The second-order valence-electron chi connectivity index (χ2n) is 1.91. The molecule has 11 heavy (non-hydrogen) atoms. The highest BCUT2D eigenvalue weighted by Gasteiger charge is 2.07. The van der Waals surface area contributed by atoms with Gasteiger partial charge in [-0.2, -0.15) is 5.10 Å².